The van der Waals surface area contributed by atoms with E-state index in [1.54, 1.807) is 12.1 Å². The molecular weight excluding hydrogens is 271 g/mol. The lowest BCUT2D eigenvalue weighted by molar-refractivity contribution is 0.561. The van der Waals surface area contributed by atoms with E-state index < -0.39 is 0 Å². The third-order valence-corrected chi connectivity index (χ3v) is 3.91. The van der Waals surface area contributed by atoms with E-state index in [1.165, 1.54) is 6.07 Å². The van der Waals surface area contributed by atoms with Crippen LogP contribution in [0.3, 0.4) is 0 Å². The number of aromatic nitrogens is 2. The Morgan fingerprint density at radius 2 is 1.95 bits per heavy atom. The van der Waals surface area contributed by atoms with Gasteiger partial charge in [0.1, 0.15) is 5.82 Å². The number of aryl methyl sites for hydroxylation is 1. The van der Waals surface area contributed by atoms with Gasteiger partial charge in [0.05, 0.1) is 17.1 Å². The molecule has 3 aromatic rings. The zero-order valence-electron chi connectivity index (χ0n) is 11.4. The van der Waals surface area contributed by atoms with Gasteiger partial charge < -0.3 is 9.55 Å². The predicted molar refractivity (Wildman–Crippen MR) is 82.1 cm³/mol. The summed E-state index contributed by atoms with van der Waals surface area (Å²) in [6.07, 6.45) is 0. The van der Waals surface area contributed by atoms with E-state index in [9.17, 15) is 4.39 Å². The standard InChI is InChI=1S/C16H15FN2S/c1-10-7-8-14-15(9-10)19(16(20)18-14)11(2)12-5-3-4-6-13(12)17/h3-9,11H,1-2H3,(H,18,20). The highest BCUT2D eigenvalue weighted by Gasteiger charge is 2.16. The van der Waals surface area contributed by atoms with Gasteiger partial charge in [-0.2, -0.15) is 0 Å². The number of benzene rings is 2. The molecule has 0 aliphatic rings. The Bertz CT molecular complexity index is 832. The number of nitrogens with one attached hydrogen (secondary N) is 1. The van der Waals surface area contributed by atoms with Gasteiger partial charge in [0, 0.05) is 5.56 Å². The summed E-state index contributed by atoms with van der Waals surface area (Å²) in [4.78, 5) is 3.18. The first-order valence-corrected chi connectivity index (χ1v) is 6.94. The average Bonchev–Trinajstić information content (AvgIpc) is 2.74. The van der Waals surface area contributed by atoms with E-state index in [1.807, 2.05) is 36.6 Å². The maximum absolute atomic E-state index is 14.0. The molecule has 0 bridgehead atoms. The second kappa shape index (κ2) is 4.87. The number of halogens is 1. The van der Waals surface area contributed by atoms with Gasteiger partial charge in [-0.1, -0.05) is 24.3 Å². The van der Waals surface area contributed by atoms with E-state index in [4.69, 9.17) is 12.2 Å². The molecule has 2 nitrogen and oxygen atoms in total. The number of fused-ring (bicyclic) bond motifs is 1. The van der Waals surface area contributed by atoms with Gasteiger partial charge in [0.15, 0.2) is 4.77 Å². The molecule has 1 unspecified atom stereocenters. The first kappa shape index (κ1) is 13.1. The second-order valence-electron chi connectivity index (χ2n) is 5.02. The van der Waals surface area contributed by atoms with Crippen LogP contribution < -0.4 is 0 Å². The molecule has 1 atom stereocenters. The summed E-state index contributed by atoms with van der Waals surface area (Å²) in [5.41, 5.74) is 3.78. The van der Waals surface area contributed by atoms with Crippen LogP contribution in [0, 0.1) is 17.5 Å². The third-order valence-electron chi connectivity index (χ3n) is 3.62. The number of hydrogen-bond donors (Lipinski definition) is 1. The Kier molecular flexibility index (Phi) is 3.18. The van der Waals surface area contributed by atoms with Gasteiger partial charge in [-0.3, -0.25) is 0 Å². The van der Waals surface area contributed by atoms with E-state index in [-0.39, 0.29) is 11.9 Å². The second-order valence-corrected chi connectivity index (χ2v) is 5.40. The Labute approximate surface area is 121 Å². The SMILES string of the molecule is Cc1ccc2[nH]c(=S)n(C(C)c3ccccc3F)c2c1. The zero-order valence-corrected chi connectivity index (χ0v) is 12.2. The van der Waals surface area contributed by atoms with Gasteiger partial charge in [-0.15, -0.1) is 0 Å². The van der Waals surface area contributed by atoms with Crippen molar-refractivity contribution in [3.63, 3.8) is 0 Å². The van der Waals surface area contributed by atoms with Crippen molar-refractivity contribution >= 4 is 23.3 Å². The number of hydrogen-bond acceptors (Lipinski definition) is 1. The monoisotopic (exact) mass is 286 g/mol. The van der Waals surface area contributed by atoms with Crippen molar-refractivity contribution < 1.29 is 4.39 Å². The van der Waals surface area contributed by atoms with Crippen molar-refractivity contribution in [3.05, 3.63) is 64.2 Å². The minimum atomic E-state index is -0.205. The van der Waals surface area contributed by atoms with Gasteiger partial charge >= 0.3 is 0 Å². The molecule has 1 aromatic heterocycles. The molecule has 0 aliphatic carbocycles. The smallest absolute Gasteiger partial charge is 0.178 e. The maximum Gasteiger partial charge on any atom is 0.178 e. The molecule has 0 spiro atoms. The molecule has 4 heteroatoms. The minimum Gasteiger partial charge on any atom is -0.331 e. The molecule has 102 valence electrons. The van der Waals surface area contributed by atoms with Crippen LogP contribution >= 0.6 is 12.2 Å². The van der Waals surface area contributed by atoms with Crippen LogP contribution in [0.25, 0.3) is 11.0 Å². The fourth-order valence-electron chi connectivity index (χ4n) is 2.57. The fraction of sp³-hybridized carbons (Fsp3) is 0.188. The number of imidazole rings is 1. The average molecular weight is 286 g/mol. The Morgan fingerprint density at radius 1 is 1.20 bits per heavy atom. The van der Waals surface area contributed by atoms with Crippen LogP contribution in [-0.2, 0) is 0 Å². The highest BCUT2D eigenvalue weighted by atomic mass is 32.1. The molecule has 0 aliphatic heterocycles. The molecule has 0 amide bonds. The van der Waals surface area contributed by atoms with Crippen LogP contribution in [0.5, 0.6) is 0 Å². The molecule has 1 heterocycles. The first-order chi connectivity index (χ1) is 9.58. The lowest BCUT2D eigenvalue weighted by Gasteiger charge is -2.16. The number of nitrogens with zero attached hydrogens (tertiary/aromatic N) is 1. The van der Waals surface area contributed by atoms with Gasteiger partial charge in [0.2, 0.25) is 0 Å². The van der Waals surface area contributed by atoms with Crippen molar-refractivity contribution in [1.82, 2.24) is 9.55 Å². The predicted octanol–water partition coefficient (Wildman–Crippen LogP) is 4.76. The van der Waals surface area contributed by atoms with E-state index >= 15 is 0 Å². The third kappa shape index (κ3) is 2.06. The Hall–Kier alpha value is -1.94. The summed E-state index contributed by atoms with van der Waals surface area (Å²) in [5.74, 6) is -0.205. The molecular formula is C16H15FN2S. The highest BCUT2D eigenvalue weighted by Crippen LogP contribution is 2.26. The fourth-order valence-corrected chi connectivity index (χ4v) is 2.94. The van der Waals surface area contributed by atoms with Gasteiger partial charge in [-0.05, 0) is 49.8 Å². The normalized spacial score (nSPS) is 12.8. The van der Waals surface area contributed by atoms with E-state index in [0.717, 1.165) is 16.6 Å². The van der Waals surface area contributed by atoms with Crippen molar-refractivity contribution in [3.8, 4) is 0 Å². The highest BCUT2D eigenvalue weighted by molar-refractivity contribution is 7.71. The molecule has 2 aromatic carbocycles. The van der Waals surface area contributed by atoms with Gasteiger partial charge in [0.25, 0.3) is 0 Å². The summed E-state index contributed by atoms with van der Waals surface area (Å²) < 4.78 is 16.6. The van der Waals surface area contributed by atoms with Crippen LogP contribution in [0.1, 0.15) is 24.1 Å². The zero-order chi connectivity index (χ0) is 14.3. The molecule has 1 N–H and O–H groups in total. The maximum atomic E-state index is 14.0. The Balaban J connectivity index is 2.24. The number of aromatic amines is 1. The van der Waals surface area contributed by atoms with Crippen molar-refractivity contribution in [1.29, 1.82) is 0 Å². The number of rotatable bonds is 2. The largest absolute Gasteiger partial charge is 0.331 e. The van der Waals surface area contributed by atoms with E-state index in [0.29, 0.717) is 10.3 Å². The molecule has 0 saturated heterocycles. The van der Waals surface area contributed by atoms with Crippen LogP contribution in [0.2, 0.25) is 0 Å². The minimum absolute atomic E-state index is 0.153. The van der Waals surface area contributed by atoms with Crippen LogP contribution in [0.4, 0.5) is 4.39 Å². The van der Waals surface area contributed by atoms with Crippen LogP contribution in [-0.4, -0.2) is 9.55 Å². The summed E-state index contributed by atoms with van der Waals surface area (Å²) in [5, 5.41) is 0. The molecule has 0 saturated carbocycles. The van der Waals surface area contributed by atoms with Gasteiger partial charge in [-0.25, -0.2) is 4.39 Å². The molecule has 0 fully saturated rings. The summed E-state index contributed by atoms with van der Waals surface area (Å²) in [6.45, 7) is 4.00. The Morgan fingerprint density at radius 3 is 2.70 bits per heavy atom. The van der Waals surface area contributed by atoms with Crippen LogP contribution in [0.15, 0.2) is 42.5 Å². The van der Waals surface area contributed by atoms with Crippen molar-refractivity contribution in [2.24, 2.45) is 0 Å². The van der Waals surface area contributed by atoms with E-state index in [2.05, 4.69) is 11.1 Å². The molecule has 0 radical (unpaired) electrons. The lowest BCUT2D eigenvalue weighted by atomic mass is 10.1. The molecule has 3 rings (SSSR count). The lowest BCUT2D eigenvalue weighted by Crippen LogP contribution is -2.08. The first-order valence-electron chi connectivity index (χ1n) is 6.53. The topological polar surface area (TPSA) is 20.7 Å². The summed E-state index contributed by atoms with van der Waals surface area (Å²) in [7, 11) is 0. The number of H-pyrrole nitrogens is 1. The molecule has 20 heavy (non-hydrogen) atoms. The summed E-state index contributed by atoms with van der Waals surface area (Å²) in [6, 6.07) is 12.8. The van der Waals surface area contributed by atoms with Crippen molar-refractivity contribution in [2.75, 3.05) is 0 Å². The van der Waals surface area contributed by atoms with Crippen molar-refractivity contribution in [2.45, 2.75) is 19.9 Å². The summed E-state index contributed by atoms with van der Waals surface area (Å²) >= 11 is 5.40. The quantitative estimate of drug-likeness (QED) is 0.674.